The van der Waals surface area contributed by atoms with Crippen molar-refractivity contribution >= 4 is 27.2 Å². The second-order valence-corrected chi connectivity index (χ2v) is 4.83. The molecule has 2 aromatic heterocycles. The Morgan fingerprint density at radius 3 is 3.27 bits per heavy atom. The van der Waals surface area contributed by atoms with Gasteiger partial charge in [-0.3, -0.25) is 0 Å². The molecule has 15 heavy (non-hydrogen) atoms. The van der Waals surface area contributed by atoms with Gasteiger partial charge in [0, 0.05) is 22.3 Å². The molecule has 78 valence electrons. The predicted octanol–water partition coefficient (Wildman–Crippen LogP) is 2.25. The fraction of sp³-hybridized carbons (Fsp3) is 0.364. The number of rotatable bonds is 0. The van der Waals surface area contributed by atoms with Crippen LogP contribution in [0.2, 0.25) is 0 Å². The van der Waals surface area contributed by atoms with E-state index in [1.807, 2.05) is 11.4 Å². The van der Waals surface area contributed by atoms with Crippen LogP contribution in [-0.2, 0) is 6.42 Å². The first-order valence-electron chi connectivity index (χ1n) is 5.11. The van der Waals surface area contributed by atoms with Crippen LogP contribution in [0.3, 0.4) is 0 Å². The quantitative estimate of drug-likeness (QED) is 0.716. The van der Waals surface area contributed by atoms with E-state index >= 15 is 0 Å². The largest absolute Gasteiger partial charge is 0.398 e. The predicted molar refractivity (Wildman–Crippen MR) is 61.9 cm³/mol. The van der Waals surface area contributed by atoms with Gasteiger partial charge in [0.25, 0.3) is 0 Å². The van der Waals surface area contributed by atoms with E-state index in [1.54, 1.807) is 11.3 Å². The molecular weight excluding hydrogens is 208 g/mol. The zero-order chi connectivity index (χ0) is 10.4. The van der Waals surface area contributed by atoms with Crippen LogP contribution in [0.25, 0.3) is 10.2 Å². The van der Waals surface area contributed by atoms with Gasteiger partial charge in [-0.2, -0.15) is 0 Å². The lowest BCUT2D eigenvalue weighted by molar-refractivity contribution is 0.156. The molecule has 1 aliphatic rings. The molecule has 1 atom stereocenters. The number of aromatic nitrogens is 1. The molecule has 2 aromatic rings. The third-order valence-corrected chi connectivity index (χ3v) is 3.80. The number of thiophene rings is 1. The first-order chi connectivity index (χ1) is 7.27. The van der Waals surface area contributed by atoms with Crippen LogP contribution < -0.4 is 5.73 Å². The molecule has 0 radical (unpaired) electrons. The molecule has 0 fully saturated rings. The Hall–Kier alpha value is -1.13. The van der Waals surface area contributed by atoms with Crippen molar-refractivity contribution in [1.82, 2.24) is 4.98 Å². The van der Waals surface area contributed by atoms with Crippen LogP contribution in [0.15, 0.2) is 11.4 Å². The maximum absolute atomic E-state index is 9.92. The molecule has 0 amide bonds. The zero-order valence-corrected chi connectivity index (χ0v) is 9.05. The van der Waals surface area contributed by atoms with Crippen LogP contribution >= 0.6 is 11.3 Å². The monoisotopic (exact) mass is 220 g/mol. The summed E-state index contributed by atoms with van der Waals surface area (Å²) < 4.78 is 0. The maximum atomic E-state index is 9.92. The second kappa shape index (κ2) is 3.18. The summed E-state index contributed by atoms with van der Waals surface area (Å²) in [6.45, 7) is 0. The van der Waals surface area contributed by atoms with Gasteiger partial charge in [0.2, 0.25) is 0 Å². The molecule has 0 saturated heterocycles. The SMILES string of the molecule is Nc1c2c(nc3sccc13)CCCC2O. The molecule has 3 nitrogen and oxygen atoms in total. The summed E-state index contributed by atoms with van der Waals surface area (Å²) in [4.78, 5) is 5.55. The Bertz CT molecular complexity index is 521. The number of hydrogen-bond donors (Lipinski definition) is 2. The number of hydrogen-bond acceptors (Lipinski definition) is 4. The van der Waals surface area contributed by atoms with Gasteiger partial charge in [-0.15, -0.1) is 11.3 Å². The number of pyridine rings is 1. The highest BCUT2D eigenvalue weighted by Gasteiger charge is 2.23. The fourth-order valence-electron chi connectivity index (χ4n) is 2.25. The van der Waals surface area contributed by atoms with Crippen LogP contribution in [-0.4, -0.2) is 10.1 Å². The highest BCUT2D eigenvalue weighted by Crippen LogP contribution is 2.37. The number of nitrogen functional groups attached to an aromatic ring is 1. The van der Waals surface area contributed by atoms with Crippen molar-refractivity contribution in [1.29, 1.82) is 0 Å². The number of aryl methyl sites for hydroxylation is 1. The fourth-order valence-corrected chi connectivity index (χ4v) is 3.05. The summed E-state index contributed by atoms with van der Waals surface area (Å²) in [6, 6.07) is 1.98. The minimum Gasteiger partial charge on any atom is -0.398 e. The first-order valence-corrected chi connectivity index (χ1v) is 5.99. The Morgan fingerprint density at radius 1 is 1.53 bits per heavy atom. The van der Waals surface area contributed by atoms with Crippen LogP contribution in [0.1, 0.15) is 30.2 Å². The van der Waals surface area contributed by atoms with E-state index < -0.39 is 6.10 Å². The van der Waals surface area contributed by atoms with Crippen molar-refractivity contribution in [3.63, 3.8) is 0 Å². The van der Waals surface area contributed by atoms with Gasteiger partial charge < -0.3 is 10.8 Å². The molecule has 3 N–H and O–H groups in total. The smallest absolute Gasteiger partial charge is 0.125 e. The zero-order valence-electron chi connectivity index (χ0n) is 8.23. The Balaban J connectivity index is 2.36. The number of anilines is 1. The van der Waals surface area contributed by atoms with Crippen LogP contribution in [0, 0.1) is 0 Å². The molecule has 1 unspecified atom stereocenters. The van der Waals surface area contributed by atoms with Crippen molar-refractivity contribution in [3.8, 4) is 0 Å². The van der Waals surface area contributed by atoms with Gasteiger partial charge in [0.1, 0.15) is 4.83 Å². The van der Waals surface area contributed by atoms with E-state index in [-0.39, 0.29) is 0 Å². The van der Waals surface area contributed by atoms with Crippen molar-refractivity contribution < 1.29 is 5.11 Å². The first kappa shape index (κ1) is 9.12. The Labute approximate surface area is 91.6 Å². The minimum absolute atomic E-state index is 0.425. The minimum atomic E-state index is -0.425. The number of nitrogens with two attached hydrogens (primary N) is 1. The number of aliphatic hydroxyl groups is 1. The number of fused-ring (bicyclic) bond motifs is 2. The molecule has 2 heterocycles. The summed E-state index contributed by atoms with van der Waals surface area (Å²) in [7, 11) is 0. The molecule has 0 aliphatic heterocycles. The van der Waals surface area contributed by atoms with E-state index in [4.69, 9.17) is 5.73 Å². The van der Waals surface area contributed by atoms with Crippen molar-refractivity contribution in [2.45, 2.75) is 25.4 Å². The molecule has 0 aromatic carbocycles. The molecule has 0 spiro atoms. The van der Waals surface area contributed by atoms with E-state index in [0.717, 1.165) is 46.4 Å². The molecular formula is C11H12N2OS. The van der Waals surface area contributed by atoms with Crippen LogP contribution in [0.4, 0.5) is 5.69 Å². The molecule has 3 rings (SSSR count). The topological polar surface area (TPSA) is 59.1 Å². The summed E-state index contributed by atoms with van der Waals surface area (Å²) in [5, 5.41) is 12.9. The molecule has 0 bridgehead atoms. The highest BCUT2D eigenvalue weighted by molar-refractivity contribution is 7.16. The van der Waals surface area contributed by atoms with Crippen molar-refractivity contribution in [2.24, 2.45) is 0 Å². The van der Waals surface area contributed by atoms with E-state index in [2.05, 4.69) is 4.98 Å². The number of aliphatic hydroxyl groups excluding tert-OH is 1. The molecule has 1 aliphatic carbocycles. The van der Waals surface area contributed by atoms with E-state index in [9.17, 15) is 5.11 Å². The highest BCUT2D eigenvalue weighted by atomic mass is 32.1. The van der Waals surface area contributed by atoms with Crippen molar-refractivity contribution in [3.05, 3.63) is 22.7 Å². The average molecular weight is 220 g/mol. The summed E-state index contributed by atoms with van der Waals surface area (Å²) in [5.74, 6) is 0. The standard InChI is InChI=1S/C11H12N2OS/c12-10-6-4-5-15-11(6)13-7-2-1-3-8(14)9(7)10/h4-5,8,14H,1-3H2,(H2,12,13). The normalized spacial score (nSPS) is 20.5. The van der Waals surface area contributed by atoms with Crippen molar-refractivity contribution in [2.75, 3.05) is 5.73 Å². The summed E-state index contributed by atoms with van der Waals surface area (Å²) in [5.41, 5.74) is 8.66. The lowest BCUT2D eigenvalue weighted by Gasteiger charge is -2.22. The van der Waals surface area contributed by atoms with E-state index in [1.165, 1.54) is 0 Å². The molecule has 4 heteroatoms. The lowest BCUT2D eigenvalue weighted by atomic mass is 9.91. The van der Waals surface area contributed by atoms with Gasteiger partial charge >= 0.3 is 0 Å². The molecule has 0 saturated carbocycles. The van der Waals surface area contributed by atoms with Gasteiger partial charge in [0.15, 0.2) is 0 Å². The second-order valence-electron chi connectivity index (χ2n) is 3.93. The number of nitrogens with zero attached hydrogens (tertiary/aromatic N) is 1. The summed E-state index contributed by atoms with van der Waals surface area (Å²) in [6.07, 6.45) is 2.31. The third-order valence-electron chi connectivity index (χ3n) is 3.00. The van der Waals surface area contributed by atoms with E-state index in [0.29, 0.717) is 0 Å². The Kier molecular flexibility index (Phi) is 1.94. The van der Waals surface area contributed by atoms with Gasteiger partial charge in [-0.05, 0) is 30.7 Å². The average Bonchev–Trinajstić information content (AvgIpc) is 2.66. The summed E-state index contributed by atoms with van der Waals surface area (Å²) >= 11 is 1.60. The van der Waals surface area contributed by atoms with Gasteiger partial charge in [-0.25, -0.2) is 4.98 Å². The maximum Gasteiger partial charge on any atom is 0.125 e. The Morgan fingerprint density at radius 2 is 2.40 bits per heavy atom. The lowest BCUT2D eigenvalue weighted by Crippen LogP contribution is -2.13. The van der Waals surface area contributed by atoms with Gasteiger partial charge in [-0.1, -0.05) is 0 Å². The van der Waals surface area contributed by atoms with Crippen LogP contribution in [0.5, 0.6) is 0 Å². The van der Waals surface area contributed by atoms with Gasteiger partial charge in [0.05, 0.1) is 6.10 Å². The third kappa shape index (κ3) is 1.25.